The van der Waals surface area contributed by atoms with Gasteiger partial charge < -0.3 is 4.74 Å². The fourth-order valence-electron chi connectivity index (χ4n) is 3.06. The first kappa shape index (κ1) is 20.7. The zero-order valence-corrected chi connectivity index (χ0v) is 17.8. The Bertz CT molecular complexity index is 996. The minimum Gasteiger partial charge on any atom is -0.491 e. The third kappa shape index (κ3) is 4.54. The summed E-state index contributed by atoms with van der Waals surface area (Å²) in [5, 5.41) is 2.70. The van der Waals surface area contributed by atoms with E-state index in [-0.39, 0.29) is 16.8 Å². The summed E-state index contributed by atoms with van der Waals surface area (Å²) in [7, 11) is 0. The van der Waals surface area contributed by atoms with E-state index in [2.05, 4.69) is 12.2 Å². The van der Waals surface area contributed by atoms with Crippen LogP contribution in [0.15, 0.2) is 48.0 Å². The molecule has 1 fully saturated rings. The molecule has 3 rings (SSSR count). The number of carbonyl (C=O) groups is 2. The van der Waals surface area contributed by atoms with Gasteiger partial charge in [-0.1, -0.05) is 36.8 Å². The van der Waals surface area contributed by atoms with Gasteiger partial charge in [-0.3, -0.25) is 19.8 Å². The number of aryl methyl sites for hydroxylation is 2. The van der Waals surface area contributed by atoms with Crippen LogP contribution in [0.3, 0.4) is 0 Å². The molecule has 29 heavy (non-hydrogen) atoms. The summed E-state index contributed by atoms with van der Waals surface area (Å²) in [4.78, 5) is 26.9. The van der Waals surface area contributed by atoms with Crippen molar-refractivity contribution >= 4 is 40.9 Å². The molecule has 0 spiro atoms. The second-order valence-corrected chi connectivity index (χ2v) is 7.54. The summed E-state index contributed by atoms with van der Waals surface area (Å²) in [6.45, 7) is 7.96. The maximum atomic E-state index is 13.1. The highest BCUT2D eigenvalue weighted by molar-refractivity contribution is 7.80. The molecule has 150 valence electrons. The SMILES string of the molecule is CCC(C)Oc1ccc(C=C2C(=O)NC(=S)N(c3ccc(C)cc3C)C2=O)cc1. The molecule has 0 aliphatic carbocycles. The first-order valence-corrected chi connectivity index (χ1v) is 9.96. The van der Waals surface area contributed by atoms with Gasteiger partial charge in [-0.2, -0.15) is 0 Å². The van der Waals surface area contributed by atoms with E-state index < -0.39 is 11.8 Å². The van der Waals surface area contributed by atoms with Crippen molar-refractivity contribution in [2.75, 3.05) is 4.90 Å². The third-order valence-corrected chi connectivity index (χ3v) is 5.08. The maximum Gasteiger partial charge on any atom is 0.270 e. The zero-order valence-electron chi connectivity index (χ0n) is 17.0. The Balaban J connectivity index is 1.91. The lowest BCUT2D eigenvalue weighted by molar-refractivity contribution is -0.122. The lowest BCUT2D eigenvalue weighted by atomic mass is 10.0. The Morgan fingerprint density at radius 3 is 2.45 bits per heavy atom. The van der Waals surface area contributed by atoms with Crippen molar-refractivity contribution < 1.29 is 14.3 Å². The van der Waals surface area contributed by atoms with Crippen LogP contribution in [0.4, 0.5) is 5.69 Å². The predicted octanol–water partition coefficient (Wildman–Crippen LogP) is 4.31. The van der Waals surface area contributed by atoms with E-state index in [4.69, 9.17) is 17.0 Å². The van der Waals surface area contributed by atoms with Crippen molar-refractivity contribution in [1.29, 1.82) is 0 Å². The van der Waals surface area contributed by atoms with Gasteiger partial charge in [-0.25, -0.2) is 0 Å². The quantitative estimate of drug-likeness (QED) is 0.455. The zero-order chi connectivity index (χ0) is 21.1. The molecule has 1 aliphatic rings. The van der Waals surface area contributed by atoms with Crippen LogP contribution in [-0.4, -0.2) is 23.0 Å². The predicted molar refractivity (Wildman–Crippen MR) is 119 cm³/mol. The van der Waals surface area contributed by atoms with Crippen molar-refractivity contribution in [3.05, 3.63) is 64.7 Å². The number of nitrogens with one attached hydrogen (secondary N) is 1. The van der Waals surface area contributed by atoms with Crippen molar-refractivity contribution in [1.82, 2.24) is 5.32 Å². The van der Waals surface area contributed by atoms with E-state index in [1.165, 1.54) is 4.90 Å². The number of ether oxygens (including phenoxy) is 1. The molecule has 0 radical (unpaired) electrons. The van der Waals surface area contributed by atoms with Crippen LogP contribution >= 0.6 is 12.2 Å². The van der Waals surface area contributed by atoms with E-state index >= 15 is 0 Å². The standard InChI is InChI=1S/C23H24N2O3S/c1-5-16(4)28-18-9-7-17(8-10-18)13-19-21(26)24-23(29)25(22(19)27)20-11-6-14(2)12-15(20)3/h6-13,16H,5H2,1-4H3,(H,24,26,29). The average molecular weight is 409 g/mol. The van der Waals surface area contributed by atoms with Gasteiger partial charge in [0.1, 0.15) is 11.3 Å². The number of nitrogens with zero attached hydrogens (tertiary/aromatic N) is 1. The average Bonchev–Trinajstić information content (AvgIpc) is 2.67. The van der Waals surface area contributed by atoms with Crippen molar-refractivity contribution in [2.24, 2.45) is 0 Å². The van der Waals surface area contributed by atoms with Crippen LogP contribution in [-0.2, 0) is 9.59 Å². The van der Waals surface area contributed by atoms with Crippen LogP contribution in [0.2, 0.25) is 0 Å². The first-order valence-electron chi connectivity index (χ1n) is 9.55. The van der Waals surface area contributed by atoms with Crippen LogP contribution in [0.5, 0.6) is 5.75 Å². The van der Waals surface area contributed by atoms with Gasteiger partial charge in [0.15, 0.2) is 5.11 Å². The molecule has 1 saturated heterocycles. The third-order valence-electron chi connectivity index (χ3n) is 4.80. The normalized spacial score (nSPS) is 16.8. The molecule has 0 aromatic heterocycles. The number of carbonyl (C=O) groups excluding carboxylic acids is 2. The van der Waals surface area contributed by atoms with Crippen molar-refractivity contribution in [3.8, 4) is 5.75 Å². The van der Waals surface area contributed by atoms with Crippen LogP contribution in [0.25, 0.3) is 6.08 Å². The van der Waals surface area contributed by atoms with E-state index in [1.54, 1.807) is 6.08 Å². The van der Waals surface area contributed by atoms with Gasteiger partial charge in [-0.15, -0.1) is 0 Å². The molecule has 2 amide bonds. The Morgan fingerprint density at radius 2 is 1.83 bits per heavy atom. The number of hydrogen-bond acceptors (Lipinski definition) is 4. The minimum absolute atomic E-state index is 0.0363. The number of rotatable bonds is 5. The number of amides is 2. The lowest BCUT2D eigenvalue weighted by Crippen LogP contribution is -2.54. The Morgan fingerprint density at radius 1 is 1.14 bits per heavy atom. The molecule has 6 heteroatoms. The van der Waals surface area contributed by atoms with Gasteiger partial charge in [0, 0.05) is 0 Å². The van der Waals surface area contributed by atoms with Crippen LogP contribution < -0.4 is 15.0 Å². The first-order chi connectivity index (χ1) is 13.8. The highest BCUT2D eigenvalue weighted by Crippen LogP contribution is 2.26. The Kier molecular flexibility index (Phi) is 6.13. The number of benzene rings is 2. The second kappa shape index (κ2) is 8.57. The molecule has 1 heterocycles. The molecule has 1 unspecified atom stereocenters. The van der Waals surface area contributed by atoms with E-state index in [9.17, 15) is 9.59 Å². The summed E-state index contributed by atoms with van der Waals surface area (Å²) < 4.78 is 5.77. The molecular formula is C23H24N2O3S. The number of thiocarbonyl (C=S) groups is 1. The van der Waals surface area contributed by atoms with Gasteiger partial charge in [-0.05, 0) is 74.8 Å². The molecule has 2 aromatic rings. The summed E-state index contributed by atoms with van der Waals surface area (Å²) in [6, 6.07) is 13.0. The Hall–Kier alpha value is -2.99. The van der Waals surface area contributed by atoms with Gasteiger partial charge in [0.05, 0.1) is 11.8 Å². The summed E-state index contributed by atoms with van der Waals surface area (Å²) in [6.07, 6.45) is 2.61. The van der Waals surface area contributed by atoms with Crippen LogP contribution in [0.1, 0.15) is 37.0 Å². The van der Waals surface area contributed by atoms with E-state index in [0.29, 0.717) is 5.69 Å². The highest BCUT2D eigenvalue weighted by atomic mass is 32.1. The molecule has 1 aliphatic heterocycles. The maximum absolute atomic E-state index is 13.1. The van der Waals surface area contributed by atoms with Crippen molar-refractivity contribution in [2.45, 2.75) is 40.2 Å². The topological polar surface area (TPSA) is 58.6 Å². The van der Waals surface area contributed by atoms with Crippen molar-refractivity contribution in [3.63, 3.8) is 0 Å². The lowest BCUT2D eigenvalue weighted by Gasteiger charge is -2.30. The summed E-state index contributed by atoms with van der Waals surface area (Å²) >= 11 is 5.27. The van der Waals surface area contributed by atoms with Gasteiger partial charge in [0.25, 0.3) is 11.8 Å². The molecule has 1 N–H and O–H groups in total. The molecule has 0 bridgehead atoms. The van der Waals surface area contributed by atoms with Gasteiger partial charge in [0.2, 0.25) is 0 Å². The smallest absolute Gasteiger partial charge is 0.270 e. The molecular weight excluding hydrogens is 384 g/mol. The highest BCUT2D eigenvalue weighted by Gasteiger charge is 2.35. The Labute approximate surface area is 176 Å². The van der Waals surface area contributed by atoms with E-state index in [0.717, 1.165) is 28.9 Å². The fraction of sp³-hybridized carbons (Fsp3) is 0.261. The number of hydrogen-bond donors (Lipinski definition) is 1. The second-order valence-electron chi connectivity index (χ2n) is 7.15. The van der Waals surface area contributed by atoms with Gasteiger partial charge >= 0.3 is 0 Å². The summed E-state index contributed by atoms with van der Waals surface area (Å²) in [5.41, 5.74) is 3.42. The number of anilines is 1. The molecule has 1 atom stereocenters. The molecule has 5 nitrogen and oxygen atoms in total. The molecule has 2 aromatic carbocycles. The summed E-state index contributed by atoms with van der Waals surface area (Å²) in [5.74, 6) is -0.189. The largest absolute Gasteiger partial charge is 0.491 e. The fourth-order valence-corrected chi connectivity index (χ4v) is 3.33. The minimum atomic E-state index is -0.499. The molecule has 0 saturated carbocycles. The monoisotopic (exact) mass is 408 g/mol. The van der Waals surface area contributed by atoms with E-state index in [1.807, 2.05) is 63.2 Å². The van der Waals surface area contributed by atoms with Crippen LogP contribution in [0, 0.1) is 13.8 Å².